The first kappa shape index (κ1) is 22.1. The molecule has 3 aromatic carbocycles. The molecule has 4 aromatic rings. The summed E-state index contributed by atoms with van der Waals surface area (Å²) >= 11 is 17.9. The molecule has 1 aromatic heterocycles. The maximum absolute atomic E-state index is 12.2. The Morgan fingerprint density at radius 3 is 2.34 bits per heavy atom. The summed E-state index contributed by atoms with van der Waals surface area (Å²) in [5, 5.41) is 16.2. The fraction of sp³-hybridized carbons (Fsp3) is 0.0870. The van der Waals surface area contributed by atoms with E-state index < -0.39 is 0 Å². The van der Waals surface area contributed by atoms with Crippen molar-refractivity contribution in [2.75, 3.05) is 11.9 Å². The van der Waals surface area contributed by atoms with E-state index in [0.29, 0.717) is 34.8 Å². The molecular formula is C23H17Cl3N4O2. The van der Waals surface area contributed by atoms with E-state index in [0.717, 1.165) is 16.7 Å². The summed E-state index contributed by atoms with van der Waals surface area (Å²) < 4.78 is 0. The van der Waals surface area contributed by atoms with Crippen LogP contribution < -0.4 is 10.6 Å². The number of benzene rings is 3. The van der Waals surface area contributed by atoms with E-state index in [9.17, 15) is 9.90 Å². The van der Waals surface area contributed by atoms with E-state index >= 15 is 0 Å². The number of carbonyl (C=O) groups is 1. The van der Waals surface area contributed by atoms with Gasteiger partial charge in [-0.15, -0.1) is 0 Å². The highest BCUT2D eigenvalue weighted by atomic mass is 35.5. The Hall–Kier alpha value is -3.06. The van der Waals surface area contributed by atoms with Crippen molar-refractivity contribution in [1.82, 2.24) is 15.3 Å². The second kappa shape index (κ2) is 9.61. The second-order valence-corrected chi connectivity index (χ2v) is 8.26. The molecule has 2 amide bonds. The number of aromatic nitrogens is 2. The van der Waals surface area contributed by atoms with E-state index in [-0.39, 0.29) is 21.8 Å². The Kier molecular flexibility index (Phi) is 6.65. The third-order valence-electron chi connectivity index (χ3n) is 4.75. The van der Waals surface area contributed by atoms with E-state index in [2.05, 4.69) is 20.6 Å². The van der Waals surface area contributed by atoms with Gasteiger partial charge in [-0.1, -0.05) is 53.0 Å². The summed E-state index contributed by atoms with van der Waals surface area (Å²) in [6, 6.07) is 15.8. The normalized spacial score (nSPS) is 10.8. The van der Waals surface area contributed by atoms with Gasteiger partial charge in [-0.25, -0.2) is 9.78 Å². The van der Waals surface area contributed by atoms with Crippen LogP contribution in [0.3, 0.4) is 0 Å². The molecular weight excluding hydrogens is 471 g/mol. The number of phenolic OH excluding ortho intramolecular Hbond substituents is 1. The zero-order valence-corrected chi connectivity index (χ0v) is 18.8. The van der Waals surface area contributed by atoms with Gasteiger partial charge in [0.2, 0.25) is 0 Å². The highest BCUT2D eigenvalue weighted by molar-refractivity contribution is 6.37. The van der Waals surface area contributed by atoms with E-state index in [1.165, 1.54) is 6.20 Å². The molecule has 0 spiro atoms. The number of nitrogens with one attached hydrogen (secondary N) is 2. The van der Waals surface area contributed by atoms with Gasteiger partial charge in [0, 0.05) is 11.6 Å². The molecule has 32 heavy (non-hydrogen) atoms. The number of rotatable bonds is 5. The highest BCUT2D eigenvalue weighted by Gasteiger charge is 2.10. The van der Waals surface area contributed by atoms with Gasteiger partial charge in [-0.05, 0) is 59.5 Å². The number of amides is 2. The lowest BCUT2D eigenvalue weighted by Gasteiger charge is -2.09. The van der Waals surface area contributed by atoms with Gasteiger partial charge < -0.3 is 10.4 Å². The third-order valence-corrected chi connectivity index (χ3v) is 5.57. The standard InChI is InChI=1S/C23H17Cl3N4O2/c24-16-4-1-13(2-5-16)7-8-27-23(32)30-21-12-28-19-6-3-14(11-20(19)29-21)15-9-17(25)22(31)18(26)10-15/h1-6,9-12,31H,7-8H2,(H2,27,29,30,32). The minimum Gasteiger partial charge on any atom is -0.505 e. The second-order valence-electron chi connectivity index (χ2n) is 7.00. The summed E-state index contributed by atoms with van der Waals surface area (Å²) in [7, 11) is 0. The van der Waals surface area contributed by atoms with Crippen molar-refractivity contribution in [3.63, 3.8) is 0 Å². The predicted octanol–water partition coefficient (Wildman–Crippen LogP) is 6.33. The first-order valence-electron chi connectivity index (χ1n) is 9.63. The quantitative estimate of drug-likeness (QED) is 0.307. The van der Waals surface area contributed by atoms with Crippen LogP contribution in [0.5, 0.6) is 5.75 Å². The lowest BCUT2D eigenvalue weighted by Crippen LogP contribution is -2.30. The monoisotopic (exact) mass is 486 g/mol. The topological polar surface area (TPSA) is 87.1 Å². The molecule has 0 aliphatic rings. The van der Waals surface area contributed by atoms with E-state index in [4.69, 9.17) is 34.8 Å². The van der Waals surface area contributed by atoms with Gasteiger partial charge in [-0.3, -0.25) is 10.3 Å². The van der Waals surface area contributed by atoms with Gasteiger partial charge in [0.15, 0.2) is 11.6 Å². The maximum Gasteiger partial charge on any atom is 0.320 e. The average molecular weight is 488 g/mol. The van der Waals surface area contributed by atoms with Crippen molar-refractivity contribution in [3.8, 4) is 16.9 Å². The molecule has 0 atom stereocenters. The van der Waals surface area contributed by atoms with Gasteiger partial charge >= 0.3 is 6.03 Å². The summed E-state index contributed by atoms with van der Waals surface area (Å²) in [4.78, 5) is 21.0. The number of nitrogens with zero attached hydrogens (tertiary/aromatic N) is 2. The number of anilines is 1. The molecule has 0 unspecified atom stereocenters. The zero-order valence-electron chi connectivity index (χ0n) is 16.6. The minimum atomic E-state index is -0.374. The van der Waals surface area contributed by atoms with Crippen molar-refractivity contribution in [2.45, 2.75) is 6.42 Å². The molecule has 0 aliphatic heterocycles. The number of fused-ring (bicyclic) bond motifs is 1. The van der Waals surface area contributed by atoms with Gasteiger partial charge in [-0.2, -0.15) is 0 Å². The number of urea groups is 1. The smallest absolute Gasteiger partial charge is 0.320 e. The number of halogens is 3. The van der Waals surface area contributed by atoms with E-state index in [1.54, 1.807) is 12.1 Å². The Bertz CT molecular complexity index is 1270. The highest BCUT2D eigenvalue weighted by Crippen LogP contribution is 2.36. The van der Waals surface area contributed by atoms with Crippen molar-refractivity contribution in [2.24, 2.45) is 0 Å². The van der Waals surface area contributed by atoms with Crippen LogP contribution in [0.4, 0.5) is 10.6 Å². The molecule has 1 heterocycles. The molecule has 9 heteroatoms. The van der Waals surface area contributed by atoms with Crippen LogP contribution in [-0.2, 0) is 6.42 Å². The van der Waals surface area contributed by atoms with Crippen LogP contribution in [0.1, 0.15) is 5.56 Å². The fourth-order valence-corrected chi connectivity index (χ4v) is 3.73. The first-order chi connectivity index (χ1) is 15.4. The van der Waals surface area contributed by atoms with Crippen LogP contribution in [0.25, 0.3) is 22.2 Å². The first-order valence-corrected chi connectivity index (χ1v) is 10.8. The number of hydrogen-bond donors (Lipinski definition) is 3. The van der Waals surface area contributed by atoms with Gasteiger partial charge in [0.25, 0.3) is 0 Å². The number of aromatic hydroxyl groups is 1. The molecule has 0 saturated carbocycles. The van der Waals surface area contributed by atoms with Gasteiger partial charge in [0.1, 0.15) is 0 Å². The fourth-order valence-electron chi connectivity index (χ4n) is 3.12. The Morgan fingerprint density at radius 2 is 1.62 bits per heavy atom. The number of hydrogen-bond acceptors (Lipinski definition) is 4. The van der Waals surface area contributed by atoms with Crippen LogP contribution in [0, 0.1) is 0 Å². The van der Waals surface area contributed by atoms with Crippen LogP contribution >= 0.6 is 34.8 Å². The Morgan fingerprint density at radius 1 is 0.906 bits per heavy atom. The maximum atomic E-state index is 12.2. The summed E-state index contributed by atoms with van der Waals surface area (Å²) in [5.74, 6) is 0.159. The molecule has 3 N–H and O–H groups in total. The van der Waals surface area contributed by atoms with Crippen LogP contribution in [0.15, 0.2) is 60.8 Å². The number of phenols is 1. The Balaban J connectivity index is 1.45. The SMILES string of the molecule is O=C(NCCc1ccc(Cl)cc1)Nc1cnc2ccc(-c3cc(Cl)c(O)c(Cl)c3)cc2n1. The lowest BCUT2D eigenvalue weighted by atomic mass is 10.0. The van der Waals surface area contributed by atoms with Crippen molar-refractivity contribution >= 4 is 57.7 Å². The zero-order chi connectivity index (χ0) is 22.7. The predicted molar refractivity (Wildman–Crippen MR) is 129 cm³/mol. The van der Waals surface area contributed by atoms with Gasteiger partial charge in [0.05, 0.1) is 27.3 Å². The molecule has 0 bridgehead atoms. The average Bonchev–Trinajstić information content (AvgIpc) is 2.78. The summed E-state index contributed by atoms with van der Waals surface area (Å²) in [6.45, 7) is 0.459. The minimum absolute atomic E-state index is 0.157. The van der Waals surface area contributed by atoms with Crippen LogP contribution in [0.2, 0.25) is 15.1 Å². The lowest BCUT2D eigenvalue weighted by molar-refractivity contribution is 0.252. The molecule has 0 radical (unpaired) electrons. The molecule has 4 rings (SSSR count). The molecule has 0 aliphatic carbocycles. The summed E-state index contributed by atoms with van der Waals surface area (Å²) in [6.07, 6.45) is 2.17. The van der Waals surface area contributed by atoms with Crippen molar-refractivity contribution in [3.05, 3.63) is 81.4 Å². The largest absolute Gasteiger partial charge is 0.505 e. The van der Waals surface area contributed by atoms with Crippen molar-refractivity contribution in [1.29, 1.82) is 0 Å². The van der Waals surface area contributed by atoms with E-state index in [1.807, 2.05) is 42.5 Å². The van der Waals surface area contributed by atoms with Crippen molar-refractivity contribution < 1.29 is 9.90 Å². The molecule has 0 saturated heterocycles. The molecule has 6 nitrogen and oxygen atoms in total. The third kappa shape index (κ3) is 5.22. The summed E-state index contributed by atoms with van der Waals surface area (Å²) in [5.41, 5.74) is 3.84. The van der Waals surface area contributed by atoms with Crippen LogP contribution in [-0.4, -0.2) is 27.7 Å². The Labute approximate surface area is 199 Å². The number of carbonyl (C=O) groups excluding carboxylic acids is 1. The molecule has 162 valence electrons. The molecule has 0 fully saturated rings.